The monoisotopic (exact) mass is 369 g/mol. The maximum atomic E-state index is 12.6. The molecule has 7 heteroatoms. The molecule has 2 aromatic carbocycles. The van der Waals surface area contributed by atoms with E-state index in [4.69, 9.17) is 14.2 Å². The van der Waals surface area contributed by atoms with Crippen LogP contribution in [0.3, 0.4) is 0 Å². The molecule has 1 N–H and O–H groups in total. The highest BCUT2D eigenvalue weighted by Gasteiger charge is 2.23. The summed E-state index contributed by atoms with van der Waals surface area (Å²) in [6.45, 7) is 3.89. The number of nitrogens with one attached hydrogen (secondary N) is 1. The lowest BCUT2D eigenvalue weighted by Gasteiger charge is -2.36. The highest BCUT2D eigenvalue weighted by Crippen LogP contribution is 2.33. The second-order valence-electron chi connectivity index (χ2n) is 6.43. The number of benzene rings is 2. The summed E-state index contributed by atoms with van der Waals surface area (Å²) in [5, 5.41) is 2.95. The molecule has 27 heavy (non-hydrogen) atoms. The zero-order valence-corrected chi connectivity index (χ0v) is 15.3. The first kappa shape index (κ1) is 17.3. The van der Waals surface area contributed by atoms with E-state index < -0.39 is 0 Å². The Balaban J connectivity index is 1.36. The van der Waals surface area contributed by atoms with Crippen LogP contribution in [0.1, 0.15) is 0 Å². The summed E-state index contributed by atoms with van der Waals surface area (Å²) in [4.78, 5) is 16.7. The zero-order valence-electron chi connectivity index (χ0n) is 15.3. The molecule has 2 heterocycles. The van der Waals surface area contributed by atoms with Crippen molar-refractivity contribution in [2.75, 3.05) is 56.7 Å². The number of carbonyl (C=O) groups excluding carboxylic acids is 1. The van der Waals surface area contributed by atoms with Crippen molar-refractivity contribution in [3.05, 3.63) is 42.5 Å². The largest absolute Gasteiger partial charge is 0.495 e. The van der Waals surface area contributed by atoms with Crippen LogP contribution < -0.4 is 24.4 Å². The minimum absolute atomic E-state index is 0.105. The Morgan fingerprint density at radius 1 is 1.00 bits per heavy atom. The molecule has 0 bridgehead atoms. The molecule has 0 aliphatic carbocycles. The van der Waals surface area contributed by atoms with Crippen molar-refractivity contribution in [2.24, 2.45) is 0 Å². The highest BCUT2D eigenvalue weighted by molar-refractivity contribution is 5.90. The first-order chi connectivity index (χ1) is 13.2. The van der Waals surface area contributed by atoms with Gasteiger partial charge in [-0.05, 0) is 24.3 Å². The fourth-order valence-corrected chi connectivity index (χ4v) is 3.37. The first-order valence-electron chi connectivity index (χ1n) is 9.08. The van der Waals surface area contributed by atoms with E-state index in [1.807, 2.05) is 41.3 Å². The average molecular weight is 369 g/mol. The molecule has 1 saturated heterocycles. The molecule has 2 aliphatic heterocycles. The van der Waals surface area contributed by atoms with Gasteiger partial charge in [-0.25, -0.2) is 4.79 Å². The van der Waals surface area contributed by atoms with Crippen LogP contribution in [0.15, 0.2) is 42.5 Å². The van der Waals surface area contributed by atoms with Crippen LogP contribution in [-0.2, 0) is 0 Å². The molecule has 7 nitrogen and oxygen atoms in total. The Kier molecular flexibility index (Phi) is 4.91. The standard InChI is InChI=1S/C20H23N3O4/c1-25-17-5-3-2-4-16(17)22-8-10-23(11-9-22)20(24)21-15-6-7-18-19(14-15)27-13-12-26-18/h2-7,14H,8-13H2,1H3,(H,21,24). The number of hydrogen-bond donors (Lipinski definition) is 1. The first-order valence-corrected chi connectivity index (χ1v) is 9.08. The van der Waals surface area contributed by atoms with Crippen LogP contribution in [0.2, 0.25) is 0 Å². The van der Waals surface area contributed by atoms with Crippen molar-refractivity contribution in [3.8, 4) is 17.2 Å². The van der Waals surface area contributed by atoms with E-state index in [0.29, 0.717) is 43.5 Å². The molecule has 142 valence electrons. The van der Waals surface area contributed by atoms with Gasteiger partial charge < -0.3 is 29.3 Å². The van der Waals surface area contributed by atoms with E-state index >= 15 is 0 Å². The molecule has 4 rings (SSSR count). The summed E-state index contributed by atoms with van der Waals surface area (Å²) in [7, 11) is 1.68. The predicted molar refractivity (Wildman–Crippen MR) is 103 cm³/mol. The van der Waals surface area contributed by atoms with Crippen molar-refractivity contribution in [3.63, 3.8) is 0 Å². The third-order valence-corrected chi connectivity index (χ3v) is 4.79. The molecule has 2 aromatic rings. The molecular weight excluding hydrogens is 346 g/mol. The van der Waals surface area contributed by atoms with Crippen molar-refractivity contribution >= 4 is 17.4 Å². The van der Waals surface area contributed by atoms with Crippen LogP contribution in [0.4, 0.5) is 16.2 Å². The Bertz CT molecular complexity index is 819. The number of methoxy groups -OCH3 is 1. The third kappa shape index (κ3) is 3.72. The van der Waals surface area contributed by atoms with Crippen molar-refractivity contribution in [2.45, 2.75) is 0 Å². The van der Waals surface area contributed by atoms with Crippen LogP contribution in [-0.4, -0.2) is 57.4 Å². The SMILES string of the molecule is COc1ccccc1N1CCN(C(=O)Nc2ccc3c(c2)OCCO3)CC1. The van der Waals surface area contributed by atoms with Gasteiger partial charge in [-0.1, -0.05) is 12.1 Å². The Hall–Kier alpha value is -3.09. The molecule has 0 unspecified atom stereocenters. The Labute approximate surface area is 158 Å². The van der Waals surface area contributed by atoms with E-state index in [9.17, 15) is 4.79 Å². The quantitative estimate of drug-likeness (QED) is 0.901. The van der Waals surface area contributed by atoms with Crippen LogP contribution in [0, 0.1) is 0 Å². The van der Waals surface area contributed by atoms with Gasteiger partial charge in [0, 0.05) is 37.9 Å². The summed E-state index contributed by atoms with van der Waals surface area (Å²) in [5.74, 6) is 2.23. The number of anilines is 2. The second-order valence-corrected chi connectivity index (χ2v) is 6.43. The minimum Gasteiger partial charge on any atom is -0.495 e. The smallest absolute Gasteiger partial charge is 0.321 e. The molecule has 0 radical (unpaired) electrons. The van der Waals surface area contributed by atoms with Gasteiger partial charge in [0.25, 0.3) is 0 Å². The highest BCUT2D eigenvalue weighted by atomic mass is 16.6. The van der Waals surface area contributed by atoms with Gasteiger partial charge in [-0.2, -0.15) is 0 Å². The maximum Gasteiger partial charge on any atom is 0.321 e. The molecule has 0 spiro atoms. The van der Waals surface area contributed by atoms with E-state index in [-0.39, 0.29) is 6.03 Å². The number of urea groups is 1. The number of fused-ring (bicyclic) bond motifs is 1. The lowest BCUT2D eigenvalue weighted by Crippen LogP contribution is -2.50. The molecular formula is C20H23N3O4. The maximum absolute atomic E-state index is 12.6. The van der Waals surface area contributed by atoms with E-state index in [2.05, 4.69) is 10.2 Å². The van der Waals surface area contributed by atoms with Crippen molar-refractivity contribution in [1.29, 1.82) is 0 Å². The van der Waals surface area contributed by atoms with Crippen LogP contribution >= 0.6 is 0 Å². The van der Waals surface area contributed by atoms with Gasteiger partial charge in [0.05, 0.1) is 12.8 Å². The summed E-state index contributed by atoms with van der Waals surface area (Å²) in [6.07, 6.45) is 0. The topological polar surface area (TPSA) is 63.3 Å². The van der Waals surface area contributed by atoms with Gasteiger partial charge in [-0.15, -0.1) is 0 Å². The molecule has 0 aromatic heterocycles. The number of hydrogen-bond acceptors (Lipinski definition) is 5. The molecule has 1 fully saturated rings. The van der Waals surface area contributed by atoms with Crippen molar-refractivity contribution in [1.82, 2.24) is 4.90 Å². The number of amides is 2. The second kappa shape index (κ2) is 7.65. The summed E-state index contributed by atoms with van der Waals surface area (Å²) in [5.41, 5.74) is 1.77. The van der Waals surface area contributed by atoms with E-state index in [1.165, 1.54) is 0 Å². The molecule has 2 aliphatic rings. The zero-order chi connectivity index (χ0) is 18.6. The Morgan fingerprint density at radius 2 is 1.74 bits per heavy atom. The third-order valence-electron chi connectivity index (χ3n) is 4.79. The predicted octanol–water partition coefficient (Wildman–Crippen LogP) is 2.82. The van der Waals surface area contributed by atoms with E-state index in [1.54, 1.807) is 13.2 Å². The Morgan fingerprint density at radius 3 is 2.52 bits per heavy atom. The van der Waals surface area contributed by atoms with Gasteiger partial charge in [-0.3, -0.25) is 0 Å². The van der Waals surface area contributed by atoms with Gasteiger partial charge >= 0.3 is 6.03 Å². The number of carbonyl (C=O) groups is 1. The average Bonchev–Trinajstić information content (AvgIpc) is 2.73. The lowest BCUT2D eigenvalue weighted by molar-refractivity contribution is 0.171. The molecule has 0 atom stereocenters. The van der Waals surface area contributed by atoms with E-state index in [0.717, 1.165) is 24.5 Å². The van der Waals surface area contributed by atoms with Gasteiger partial charge in [0.2, 0.25) is 0 Å². The summed E-state index contributed by atoms with van der Waals surface area (Å²) in [6, 6.07) is 13.3. The van der Waals surface area contributed by atoms with Gasteiger partial charge in [0.1, 0.15) is 19.0 Å². The summed E-state index contributed by atoms with van der Waals surface area (Å²) < 4.78 is 16.5. The number of ether oxygens (including phenoxy) is 3. The lowest BCUT2D eigenvalue weighted by atomic mass is 10.2. The minimum atomic E-state index is -0.105. The summed E-state index contributed by atoms with van der Waals surface area (Å²) >= 11 is 0. The molecule has 0 saturated carbocycles. The number of nitrogens with zero attached hydrogens (tertiary/aromatic N) is 2. The fourth-order valence-electron chi connectivity index (χ4n) is 3.37. The van der Waals surface area contributed by atoms with Crippen LogP contribution in [0.25, 0.3) is 0 Å². The molecule has 2 amide bonds. The van der Waals surface area contributed by atoms with Gasteiger partial charge in [0.15, 0.2) is 11.5 Å². The number of para-hydroxylation sites is 2. The number of rotatable bonds is 3. The van der Waals surface area contributed by atoms with Crippen molar-refractivity contribution < 1.29 is 19.0 Å². The normalized spacial score (nSPS) is 16.0. The fraction of sp³-hybridized carbons (Fsp3) is 0.350. The number of piperazine rings is 1. The van der Waals surface area contributed by atoms with Crippen LogP contribution in [0.5, 0.6) is 17.2 Å².